The van der Waals surface area contributed by atoms with Gasteiger partial charge in [0.05, 0.1) is 0 Å². The molecule has 1 aromatic heterocycles. The second kappa shape index (κ2) is 6.18. The smallest absolute Gasteiger partial charge is 0.0386 e. The number of benzene rings is 1. The molecule has 1 unspecified atom stereocenters. The molecule has 1 nitrogen and oxygen atoms in total. The first-order valence-corrected chi connectivity index (χ1v) is 7.34. The fourth-order valence-electron chi connectivity index (χ4n) is 2.01. The lowest BCUT2D eigenvalue weighted by atomic mass is 10.2. The largest absolute Gasteiger partial charge is 0.309 e. The van der Waals surface area contributed by atoms with Gasteiger partial charge in [0.2, 0.25) is 0 Å². The van der Waals surface area contributed by atoms with Crippen molar-refractivity contribution in [2.45, 2.75) is 39.2 Å². The van der Waals surface area contributed by atoms with Gasteiger partial charge in [-0.15, -0.1) is 11.3 Å². The van der Waals surface area contributed by atoms with Crippen LogP contribution in [0.15, 0.2) is 30.3 Å². The predicted octanol–water partition coefficient (Wildman–Crippen LogP) is 4.74. The Balaban J connectivity index is 1.96. The summed E-state index contributed by atoms with van der Waals surface area (Å²) in [5.41, 5.74) is 0. The van der Waals surface area contributed by atoms with Crippen LogP contribution in [0.4, 0.5) is 0 Å². The van der Waals surface area contributed by atoms with E-state index in [-0.39, 0.29) is 0 Å². The first-order valence-electron chi connectivity index (χ1n) is 6.53. The summed E-state index contributed by atoms with van der Waals surface area (Å²) in [4.78, 5) is 1.45. The summed E-state index contributed by atoms with van der Waals surface area (Å²) >= 11 is 1.91. The first kappa shape index (κ1) is 12.6. The number of hydrogen-bond donors (Lipinski definition) is 1. The Bertz CT molecular complexity index is 428. The van der Waals surface area contributed by atoms with Crippen molar-refractivity contribution < 1.29 is 0 Å². The van der Waals surface area contributed by atoms with Crippen molar-refractivity contribution >= 4 is 21.4 Å². The molecule has 0 fully saturated rings. The summed E-state index contributed by atoms with van der Waals surface area (Å²) in [5, 5.41) is 4.98. The van der Waals surface area contributed by atoms with Crippen LogP contribution in [0.5, 0.6) is 0 Å². The molecule has 0 bridgehead atoms. The molecule has 2 aromatic rings. The number of nitrogens with one attached hydrogen (secondary N) is 1. The number of fused-ring (bicyclic) bond motifs is 1. The van der Waals surface area contributed by atoms with E-state index in [1.807, 2.05) is 11.3 Å². The molecule has 2 rings (SSSR count). The molecule has 1 aromatic carbocycles. The van der Waals surface area contributed by atoms with Crippen molar-refractivity contribution in [3.8, 4) is 0 Å². The monoisotopic (exact) mass is 247 g/mol. The maximum Gasteiger partial charge on any atom is 0.0386 e. The van der Waals surface area contributed by atoms with Gasteiger partial charge in [-0.1, -0.05) is 38.0 Å². The SMILES string of the molecule is CCCCCNC(C)c1cc2ccccc2s1. The molecular weight excluding hydrogens is 226 g/mol. The van der Waals surface area contributed by atoms with Gasteiger partial charge >= 0.3 is 0 Å². The van der Waals surface area contributed by atoms with Gasteiger partial charge < -0.3 is 5.32 Å². The van der Waals surface area contributed by atoms with Gasteiger partial charge in [0.1, 0.15) is 0 Å². The van der Waals surface area contributed by atoms with Crippen molar-refractivity contribution in [1.29, 1.82) is 0 Å². The van der Waals surface area contributed by atoms with E-state index >= 15 is 0 Å². The summed E-state index contributed by atoms with van der Waals surface area (Å²) in [5.74, 6) is 0. The van der Waals surface area contributed by atoms with Gasteiger partial charge in [-0.05, 0) is 37.4 Å². The van der Waals surface area contributed by atoms with Gasteiger partial charge in [0, 0.05) is 15.6 Å². The molecule has 17 heavy (non-hydrogen) atoms. The summed E-state index contributed by atoms with van der Waals surface area (Å²) in [6.07, 6.45) is 3.90. The normalized spacial score (nSPS) is 13.1. The van der Waals surface area contributed by atoms with E-state index in [2.05, 4.69) is 49.5 Å². The van der Waals surface area contributed by atoms with E-state index in [1.165, 1.54) is 34.2 Å². The Labute approximate surface area is 108 Å². The highest BCUT2D eigenvalue weighted by atomic mass is 32.1. The minimum atomic E-state index is 0.476. The number of thiophene rings is 1. The third-order valence-electron chi connectivity index (χ3n) is 3.10. The van der Waals surface area contributed by atoms with Gasteiger partial charge in [-0.3, -0.25) is 0 Å². The molecule has 0 aliphatic carbocycles. The van der Waals surface area contributed by atoms with Crippen LogP contribution in [-0.2, 0) is 0 Å². The topological polar surface area (TPSA) is 12.0 Å². The molecular formula is C15H21NS. The number of rotatable bonds is 6. The molecule has 0 amide bonds. The van der Waals surface area contributed by atoms with Gasteiger partial charge in [-0.2, -0.15) is 0 Å². The van der Waals surface area contributed by atoms with Crippen LogP contribution >= 0.6 is 11.3 Å². The van der Waals surface area contributed by atoms with E-state index in [0.717, 1.165) is 6.54 Å². The minimum Gasteiger partial charge on any atom is -0.309 e. The van der Waals surface area contributed by atoms with Gasteiger partial charge in [0.15, 0.2) is 0 Å². The lowest BCUT2D eigenvalue weighted by Gasteiger charge is -2.11. The van der Waals surface area contributed by atoms with Crippen molar-refractivity contribution in [2.24, 2.45) is 0 Å². The Kier molecular flexibility index (Phi) is 4.57. The average molecular weight is 247 g/mol. The van der Waals surface area contributed by atoms with E-state index in [4.69, 9.17) is 0 Å². The highest BCUT2D eigenvalue weighted by Crippen LogP contribution is 2.29. The summed E-state index contributed by atoms with van der Waals surface area (Å²) in [6, 6.07) is 11.4. The molecule has 0 saturated heterocycles. The summed E-state index contributed by atoms with van der Waals surface area (Å²) in [7, 11) is 0. The Morgan fingerprint density at radius 2 is 2.06 bits per heavy atom. The second-order valence-corrected chi connectivity index (χ2v) is 5.68. The molecule has 0 aliphatic rings. The van der Waals surface area contributed by atoms with Crippen molar-refractivity contribution in [3.05, 3.63) is 35.2 Å². The highest BCUT2D eigenvalue weighted by molar-refractivity contribution is 7.19. The molecule has 1 atom stereocenters. The van der Waals surface area contributed by atoms with E-state index in [1.54, 1.807) is 0 Å². The van der Waals surface area contributed by atoms with E-state index in [9.17, 15) is 0 Å². The maximum atomic E-state index is 3.61. The van der Waals surface area contributed by atoms with Crippen molar-refractivity contribution in [1.82, 2.24) is 5.32 Å². The number of unbranched alkanes of at least 4 members (excludes halogenated alkanes) is 2. The second-order valence-electron chi connectivity index (χ2n) is 4.57. The van der Waals surface area contributed by atoms with Crippen LogP contribution in [0.1, 0.15) is 44.0 Å². The Morgan fingerprint density at radius 3 is 2.82 bits per heavy atom. The van der Waals surface area contributed by atoms with Gasteiger partial charge in [0.25, 0.3) is 0 Å². The third-order valence-corrected chi connectivity index (χ3v) is 4.40. The molecule has 0 saturated carbocycles. The lowest BCUT2D eigenvalue weighted by Crippen LogP contribution is -2.18. The molecule has 1 N–H and O–H groups in total. The van der Waals surface area contributed by atoms with E-state index in [0.29, 0.717) is 6.04 Å². The molecule has 0 aliphatic heterocycles. The third kappa shape index (κ3) is 3.30. The van der Waals surface area contributed by atoms with Crippen LogP contribution in [0.3, 0.4) is 0 Å². The summed E-state index contributed by atoms with van der Waals surface area (Å²) < 4.78 is 1.39. The molecule has 1 heterocycles. The zero-order valence-electron chi connectivity index (χ0n) is 10.7. The van der Waals surface area contributed by atoms with Crippen LogP contribution in [-0.4, -0.2) is 6.54 Å². The maximum absolute atomic E-state index is 3.61. The van der Waals surface area contributed by atoms with Crippen molar-refractivity contribution in [2.75, 3.05) is 6.54 Å². The fraction of sp³-hybridized carbons (Fsp3) is 0.467. The zero-order valence-corrected chi connectivity index (χ0v) is 11.5. The average Bonchev–Trinajstić information content (AvgIpc) is 2.78. The quantitative estimate of drug-likeness (QED) is 0.727. The van der Waals surface area contributed by atoms with E-state index < -0.39 is 0 Å². The van der Waals surface area contributed by atoms with Crippen LogP contribution in [0, 0.1) is 0 Å². The Morgan fingerprint density at radius 1 is 1.24 bits per heavy atom. The highest BCUT2D eigenvalue weighted by Gasteiger charge is 2.08. The standard InChI is InChI=1S/C15H21NS/c1-3-4-7-10-16-12(2)15-11-13-8-5-6-9-14(13)17-15/h5-6,8-9,11-12,16H,3-4,7,10H2,1-2H3. The lowest BCUT2D eigenvalue weighted by molar-refractivity contribution is 0.550. The summed E-state index contributed by atoms with van der Waals surface area (Å²) in [6.45, 7) is 5.63. The number of hydrogen-bond acceptors (Lipinski definition) is 2. The molecule has 0 radical (unpaired) electrons. The fourth-order valence-corrected chi connectivity index (χ4v) is 3.10. The van der Waals surface area contributed by atoms with Crippen LogP contribution in [0.25, 0.3) is 10.1 Å². The zero-order chi connectivity index (χ0) is 12.1. The van der Waals surface area contributed by atoms with Crippen LogP contribution < -0.4 is 5.32 Å². The van der Waals surface area contributed by atoms with Crippen LogP contribution in [0.2, 0.25) is 0 Å². The molecule has 2 heteroatoms. The van der Waals surface area contributed by atoms with Gasteiger partial charge in [-0.25, -0.2) is 0 Å². The molecule has 92 valence electrons. The minimum absolute atomic E-state index is 0.476. The first-order chi connectivity index (χ1) is 8.31. The Hall–Kier alpha value is -0.860. The van der Waals surface area contributed by atoms with Crippen molar-refractivity contribution in [3.63, 3.8) is 0 Å². The molecule has 0 spiro atoms. The predicted molar refractivity (Wildman–Crippen MR) is 77.8 cm³/mol.